The molecule has 14 heteroatoms. The van der Waals surface area contributed by atoms with Crippen LogP contribution in [0.3, 0.4) is 0 Å². The fourth-order valence-electron chi connectivity index (χ4n) is 4.69. The molecule has 0 aromatic heterocycles. The van der Waals surface area contributed by atoms with E-state index in [1.807, 2.05) is 0 Å². The molecule has 1 saturated heterocycles. The molecule has 41 heavy (non-hydrogen) atoms. The Morgan fingerprint density at radius 3 is 2.54 bits per heavy atom. The summed E-state index contributed by atoms with van der Waals surface area (Å²) in [6.45, 7) is -0.689. The number of anilines is 1. The van der Waals surface area contributed by atoms with Crippen molar-refractivity contribution in [3.05, 3.63) is 87.7 Å². The van der Waals surface area contributed by atoms with Gasteiger partial charge in [0.1, 0.15) is 11.8 Å². The van der Waals surface area contributed by atoms with Gasteiger partial charge in [-0.3, -0.25) is 24.5 Å². The number of carbonyl (C=O) groups excluding carboxylic acids is 3. The first-order chi connectivity index (χ1) is 19.4. The molecule has 3 amide bonds. The quantitative estimate of drug-likeness (QED) is 0.279. The van der Waals surface area contributed by atoms with E-state index in [9.17, 15) is 42.1 Å². The van der Waals surface area contributed by atoms with Crippen LogP contribution in [0.25, 0.3) is 11.1 Å². The van der Waals surface area contributed by atoms with Gasteiger partial charge in [-0.15, -0.1) is 0 Å². The highest BCUT2D eigenvalue weighted by molar-refractivity contribution is 6.10. The lowest BCUT2D eigenvalue weighted by Gasteiger charge is -2.39. The number of hydrogen-bond acceptors (Lipinski definition) is 6. The van der Waals surface area contributed by atoms with Crippen LogP contribution in [0.1, 0.15) is 15.9 Å². The molecule has 10 nitrogen and oxygen atoms in total. The van der Waals surface area contributed by atoms with E-state index in [4.69, 9.17) is 4.74 Å². The van der Waals surface area contributed by atoms with Crippen LogP contribution in [0.4, 0.5) is 28.9 Å². The van der Waals surface area contributed by atoms with Gasteiger partial charge in [0.15, 0.2) is 6.61 Å². The maximum Gasteiger partial charge on any atom is 0.416 e. The van der Waals surface area contributed by atoms with E-state index in [-0.39, 0.29) is 42.2 Å². The fraction of sp³-hybridized carbons (Fsp3) is 0.222. The largest absolute Gasteiger partial charge is 0.484 e. The zero-order valence-corrected chi connectivity index (χ0v) is 21.0. The number of alkyl halides is 3. The average Bonchev–Trinajstić information content (AvgIpc) is 3.05. The molecular formula is C27H20F4N4O6. The zero-order chi connectivity index (χ0) is 29.5. The van der Waals surface area contributed by atoms with Gasteiger partial charge in [0.05, 0.1) is 34.3 Å². The molecular weight excluding hydrogens is 552 g/mol. The number of nitrogens with one attached hydrogen (secondary N) is 1. The highest BCUT2D eigenvalue weighted by Gasteiger charge is 2.40. The van der Waals surface area contributed by atoms with Gasteiger partial charge in [0, 0.05) is 13.1 Å². The topological polar surface area (TPSA) is 122 Å². The van der Waals surface area contributed by atoms with Crippen LogP contribution in [-0.4, -0.2) is 64.7 Å². The molecule has 1 unspecified atom stereocenters. The molecule has 0 radical (unpaired) electrons. The highest BCUT2D eigenvalue weighted by Crippen LogP contribution is 2.34. The van der Waals surface area contributed by atoms with Crippen molar-refractivity contribution in [2.75, 3.05) is 31.6 Å². The van der Waals surface area contributed by atoms with E-state index in [0.717, 1.165) is 30.3 Å². The number of halogens is 4. The van der Waals surface area contributed by atoms with Crippen molar-refractivity contribution in [1.82, 2.24) is 9.80 Å². The maximum atomic E-state index is 13.6. The standard InChI is InChI=1S/C27H20F4N4O6/c28-20-6-5-18(12-22(20)35(39)40)41-14-24(36)33-8-9-34-23(13-33)25(37)32-21-7-4-16(11-19(21)26(34)38)15-2-1-3-17(10-15)27(29,30)31/h1-7,10-12,23H,8-9,13-14H2,(H,32,37). The number of benzene rings is 3. The smallest absolute Gasteiger partial charge is 0.416 e. The highest BCUT2D eigenvalue weighted by atomic mass is 19.4. The molecule has 0 aliphatic carbocycles. The lowest BCUT2D eigenvalue weighted by atomic mass is 9.99. The molecule has 2 aliphatic rings. The van der Waals surface area contributed by atoms with E-state index in [2.05, 4.69) is 5.32 Å². The molecule has 5 rings (SSSR count). The second kappa shape index (κ2) is 10.5. The summed E-state index contributed by atoms with van der Waals surface area (Å²) in [6.07, 6.45) is -4.54. The van der Waals surface area contributed by atoms with Crippen LogP contribution >= 0.6 is 0 Å². The van der Waals surface area contributed by atoms with Crippen LogP contribution in [0, 0.1) is 15.9 Å². The lowest BCUT2D eigenvalue weighted by molar-refractivity contribution is -0.387. The number of nitrogens with zero attached hydrogens (tertiary/aromatic N) is 3. The van der Waals surface area contributed by atoms with Crippen LogP contribution in [0.2, 0.25) is 0 Å². The van der Waals surface area contributed by atoms with E-state index >= 15 is 0 Å². The third-order valence-electron chi connectivity index (χ3n) is 6.80. The first-order valence-electron chi connectivity index (χ1n) is 12.2. The van der Waals surface area contributed by atoms with Crippen molar-refractivity contribution in [1.29, 1.82) is 0 Å². The molecule has 1 atom stereocenters. The monoisotopic (exact) mass is 572 g/mol. The predicted molar refractivity (Wildman–Crippen MR) is 135 cm³/mol. The molecule has 3 aromatic carbocycles. The summed E-state index contributed by atoms with van der Waals surface area (Å²) in [5, 5.41) is 13.6. The van der Waals surface area contributed by atoms with Gasteiger partial charge < -0.3 is 19.9 Å². The minimum Gasteiger partial charge on any atom is -0.484 e. The van der Waals surface area contributed by atoms with E-state index in [1.54, 1.807) is 0 Å². The minimum absolute atomic E-state index is 0.0160. The summed E-state index contributed by atoms with van der Waals surface area (Å²) in [5.41, 5.74) is -0.784. The van der Waals surface area contributed by atoms with Crippen molar-refractivity contribution in [3.63, 3.8) is 0 Å². The van der Waals surface area contributed by atoms with Gasteiger partial charge >= 0.3 is 11.9 Å². The Morgan fingerprint density at radius 1 is 1.05 bits per heavy atom. The number of rotatable bonds is 5. The number of hydrogen-bond donors (Lipinski definition) is 1. The van der Waals surface area contributed by atoms with Gasteiger partial charge in [0.2, 0.25) is 11.7 Å². The van der Waals surface area contributed by atoms with Gasteiger partial charge in [-0.25, -0.2) is 0 Å². The normalized spacial score (nSPS) is 16.8. The number of fused-ring (bicyclic) bond motifs is 2. The number of nitro groups is 1. The number of ether oxygens (including phenoxy) is 1. The lowest BCUT2D eigenvalue weighted by Crippen LogP contribution is -2.60. The average molecular weight is 572 g/mol. The molecule has 0 bridgehead atoms. The second-order valence-electron chi connectivity index (χ2n) is 9.34. The fourth-order valence-corrected chi connectivity index (χ4v) is 4.69. The van der Waals surface area contributed by atoms with Crippen molar-refractivity contribution >= 4 is 29.1 Å². The van der Waals surface area contributed by atoms with E-state index in [0.29, 0.717) is 5.56 Å². The Labute approximate surface area is 229 Å². The van der Waals surface area contributed by atoms with Crippen molar-refractivity contribution in [2.24, 2.45) is 0 Å². The summed E-state index contributed by atoms with van der Waals surface area (Å²) in [6, 6.07) is 10.8. The molecule has 3 aromatic rings. The Bertz CT molecular complexity index is 1580. The molecule has 1 fully saturated rings. The Kier molecular flexibility index (Phi) is 7.07. The molecule has 1 N–H and O–H groups in total. The van der Waals surface area contributed by atoms with Crippen LogP contribution in [-0.2, 0) is 15.8 Å². The Balaban J connectivity index is 1.31. The van der Waals surface area contributed by atoms with Gasteiger partial charge in [-0.05, 0) is 47.5 Å². The van der Waals surface area contributed by atoms with Crippen molar-refractivity contribution in [2.45, 2.75) is 12.2 Å². The first kappa shape index (κ1) is 27.6. The Morgan fingerprint density at radius 2 is 1.80 bits per heavy atom. The molecule has 212 valence electrons. The second-order valence-corrected chi connectivity index (χ2v) is 9.34. The Hall–Kier alpha value is -5.01. The predicted octanol–water partition coefficient (Wildman–Crippen LogP) is 4.10. The maximum absolute atomic E-state index is 13.6. The summed E-state index contributed by atoms with van der Waals surface area (Å²) in [4.78, 5) is 51.9. The van der Waals surface area contributed by atoms with Gasteiger partial charge in [-0.1, -0.05) is 18.2 Å². The number of piperazine rings is 1. The molecule has 2 aliphatic heterocycles. The van der Waals surface area contributed by atoms with E-state index in [1.165, 1.54) is 40.1 Å². The molecule has 0 saturated carbocycles. The SMILES string of the molecule is O=C1Nc2ccc(-c3cccc(C(F)(F)F)c3)cc2C(=O)N2CCN(C(=O)COc3ccc(F)c([N+](=O)[O-])c3)CC12. The zero-order valence-electron chi connectivity index (χ0n) is 21.0. The number of nitro benzene ring substituents is 1. The van der Waals surface area contributed by atoms with Crippen molar-refractivity contribution < 1.29 is 41.6 Å². The number of amides is 3. The third-order valence-corrected chi connectivity index (χ3v) is 6.80. The van der Waals surface area contributed by atoms with Crippen LogP contribution < -0.4 is 10.1 Å². The molecule has 0 spiro atoms. The minimum atomic E-state index is -4.54. The third kappa shape index (κ3) is 5.53. The number of carbonyl (C=O) groups is 3. The van der Waals surface area contributed by atoms with Crippen LogP contribution in [0.5, 0.6) is 5.75 Å². The first-order valence-corrected chi connectivity index (χ1v) is 12.2. The van der Waals surface area contributed by atoms with Crippen molar-refractivity contribution in [3.8, 4) is 16.9 Å². The summed E-state index contributed by atoms with van der Waals surface area (Å²) < 4.78 is 58.5. The summed E-state index contributed by atoms with van der Waals surface area (Å²) in [7, 11) is 0. The van der Waals surface area contributed by atoms with Gasteiger partial charge in [-0.2, -0.15) is 17.6 Å². The van der Waals surface area contributed by atoms with Gasteiger partial charge in [0.25, 0.3) is 11.8 Å². The van der Waals surface area contributed by atoms with E-state index < -0.39 is 58.5 Å². The summed E-state index contributed by atoms with van der Waals surface area (Å²) in [5.74, 6) is -2.81. The van der Waals surface area contributed by atoms with Crippen LogP contribution in [0.15, 0.2) is 60.7 Å². The summed E-state index contributed by atoms with van der Waals surface area (Å²) >= 11 is 0. The molecule has 2 heterocycles.